The number of rotatable bonds is 1. The van der Waals surface area contributed by atoms with Crippen LogP contribution in [-0.2, 0) is 13.2 Å². The number of fused-ring (bicyclic) bond motifs is 1. The fourth-order valence-electron chi connectivity index (χ4n) is 1.78. The number of nitrogens with zero attached hydrogens (tertiary/aromatic N) is 2. The van der Waals surface area contributed by atoms with Crippen LogP contribution in [0.15, 0.2) is 18.3 Å². The Morgan fingerprint density at radius 1 is 1.29 bits per heavy atom. The Morgan fingerprint density at radius 3 is 2.47 bits per heavy atom. The summed E-state index contributed by atoms with van der Waals surface area (Å²) in [6.45, 7) is 3.66. The zero-order chi connectivity index (χ0) is 12.8. The number of hydrogen-bond acceptors (Lipinski definition) is 1. The van der Waals surface area contributed by atoms with Gasteiger partial charge in [-0.1, -0.05) is 13.8 Å². The van der Waals surface area contributed by atoms with Gasteiger partial charge in [-0.25, -0.2) is 4.98 Å². The molecule has 17 heavy (non-hydrogen) atoms. The highest BCUT2D eigenvalue weighted by Gasteiger charge is 2.34. The Hall–Kier alpha value is -1.52. The lowest BCUT2D eigenvalue weighted by molar-refractivity contribution is -0.136. The molecule has 0 aliphatic rings. The quantitative estimate of drug-likeness (QED) is 0.745. The van der Waals surface area contributed by atoms with Crippen LogP contribution in [0.4, 0.5) is 13.2 Å². The summed E-state index contributed by atoms with van der Waals surface area (Å²) in [4.78, 5) is 4.27. The van der Waals surface area contributed by atoms with Crippen molar-refractivity contribution in [3.63, 3.8) is 0 Å². The number of halogens is 3. The minimum absolute atomic E-state index is 0.0320. The maximum Gasteiger partial charge on any atom is 0.417 e. The van der Waals surface area contributed by atoms with Gasteiger partial charge in [0.2, 0.25) is 0 Å². The summed E-state index contributed by atoms with van der Waals surface area (Å²) in [5, 5.41) is 0.157. The first kappa shape index (κ1) is 12.0. The van der Waals surface area contributed by atoms with Crippen molar-refractivity contribution >= 4 is 11.0 Å². The molecule has 2 heterocycles. The molecule has 5 heteroatoms. The summed E-state index contributed by atoms with van der Waals surface area (Å²) >= 11 is 0. The van der Waals surface area contributed by atoms with Gasteiger partial charge < -0.3 is 4.57 Å². The summed E-state index contributed by atoms with van der Waals surface area (Å²) in [6, 6.07) is 2.60. The molecule has 0 saturated heterocycles. The van der Waals surface area contributed by atoms with Crippen molar-refractivity contribution in [2.45, 2.75) is 25.9 Å². The van der Waals surface area contributed by atoms with Gasteiger partial charge in [-0.05, 0) is 18.1 Å². The zero-order valence-corrected chi connectivity index (χ0v) is 9.84. The van der Waals surface area contributed by atoms with Crippen LogP contribution >= 0.6 is 0 Å². The molecular formula is C12H13F3N2. The average Bonchev–Trinajstić information content (AvgIpc) is 2.58. The summed E-state index contributed by atoms with van der Waals surface area (Å²) in [5.41, 5.74) is 0.238. The number of pyridine rings is 1. The summed E-state index contributed by atoms with van der Waals surface area (Å²) in [5.74, 6) is -0.0320. The Bertz CT molecular complexity index is 553. The molecule has 0 bridgehead atoms. The van der Waals surface area contributed by atoms with Crippen molar-refractivity contribution < 1.29 is 13.2 Å². The van der Waals surface area contributed by atoms with Crippen molar-refractivity contribution in [3.05, 3.63) is 29.6 Å². The van der Waals surface area contributed by atoms with E-state index in [4.69, 9.17) is 0 Å². The maximum atomic E-state index is 12.9. The third-order valence-electron chi connectivity index (χ3n) is 2.75. The molecule has 0 aliphatic carbocycles. The highest BCUT2D eigenvalue weighted by molar-refractivity contribution is 5.81. The van der Waals surface area contributed by atoms with Crippen molar-refractivity contribution in [2.75, 3.05) is 0 Å². The lowest BCUT2D eigenvalue weighted by Gasteiger charge is -2.12. The van der Waals surface area contributed by atoms with E-state index in [1.54, 1.807) is 17.8 Å². The van der Waals surface area contributed by atoms with E-state index in [-0.39, 0.29) is 11.3 Å². The van der Waals surface area contributed by atoms with E-state index in [1.165, 1.54) is 6.07 Å². The lowest BCUT2D eigenvalue weighted by Crippen LogP contribution is -2.08. The SMILES string of the molecule is CC(C)c1cc(C(F)(F)F)c2ccn(C)c2n1. The van der Waals surface area contributed by atoms with Crippen LogP contribution in [0.25, 0.3) is 11.0 Å². The van der Waals surface area contributed by atoms with Crippen molar-refractivity contribution in [2.24, 2.45) is 7.05 Å². The molecule has 0 unspecified atom stereocenters. The van der Waals surface area contributed by atoms with Crippen LogP contribution in [0.1, 0.15) is 31.0 Å². The highest BCUT2D eigenvalue weighted by atomic mass is 19.4. The predicted octanol–water partition coefficient (Wildman–Crippen LogP) is 3.72. The van der Waals surface area contributed by atoms with Crippen molar-refractivity contribution in [1.82, 2.24) is 9.55 Å². The second-order valence-electron chi connectivity index (χ2n) is 4.41. The number of aromatic nitrogens is 2. The Kier molecular flexibility index (Phi) is 2.64. The van der Waals surface area contributed by atoms with Crippen LogP contribution in [-0.4, -0.2) is 9.55 Å². The van der Waals surface area contributed by atoms with Gasteiger partial charge in [0.15, 0.2) is 0 Å². The normalized spacial score (nSPS) is 12.6. The molecule has 0 amide bonds. The van der Waals surface area contributed by atoms with Crippen molar-refractivity contribution in [3.8, 4) is 0 Å². The average molecular weight is 242 g/mol. The van der Waals surface area contributed by atoms with Crippen molar-refractivity contribution in [1.29, 1.82) is 0 Å². The van der Waals surface area contributed by atoms with E-state index in [9.17, 15) is 13.2 Å². The van der Waals surface area contributed by atoms with E-state index >= 15 is 0 Å². The molecule has 0 spiro atoms. The van der Waals surface area contributed by atoms with Crippen LogP contribution < -0.4 is 0 Å². The van der Waals surface area contributed by atoms with E-state index < -0.39 is 11.7 Å². The van der Waals surface area contributed by atoms with Gasteiger partial charge >= 0.3 is 6.18 Å². The molecule has 0 aliphatic heterocycles. The molecule has 0 atom stereocenters. The molecular weight excluding hydrogens is 229 g/mol. The van der Waals surface area contributed by atoms with Gasteiger partial charge in [0.1, 0.15) is 5.65 Å². The van der Waals surface area contributed by atoms with Gasteiger partial charge in [0, 0.05) is 24.3 Å². The minimum atomic E-state index is -4.34. The lowest BCUT2D eigenvalue weighted by atomic mass is 10.1. The van der Waals surface area contributed by atoms with E-state index in [0.717, 1.165) is 6.07 Å². The summed E-state index contributed by atoms with van der Waals surface area (Å²) < 4.78 is 40.4. The van der Waals surface area contributed by atoms with Gasteiger partial charge in [-0.2, -0.15) is 13.2 Å². The van der Waals surface area contributed by atoms with E-state index in [1.807, 2.05) is 13.8 Å². The largest absolute Gasteiger partial charge is 0.417 e. The minimum Gasteiger partial charge on any atom is -0.336 e. The summed E-state index contributed by atoms with van der Waals surface area (Å²) in [6.07, 6.45) is -2.75. The second kappa shape index (κ2) is 3.75. The third kappa shape index (κ3) is 2.01. The van der Waals surface area contributed by atoms with Crippen LogP contribution in [0.3, 0.4) is 0 Å². The van der Waals surface area contributed by atoms with Crippen LogP contribution in [0, 0.1) is 0 Å². The summed E-state index contributed by atoms with van der Waals surface area (Å²) in [7, 11) is 1.69. The molecule has 0 fully saturated rings. The van der Waals surface area contributed by atoms with Gasteiger partial charge in [0.25, 0.3) is 0 Å². The topological polar surface area (TPSA) is 17.8 Å². The first-order valence-electron chi connectivity index (χ1n) is 5.34. The fourth-order valence-corrected chi connectivity index (χ4v) is 1.78. The number of aryl methyl sites for hydroxylation is 1. The molecule has 0 aromatic carbocycles. The Morgan fingerprint density at radius 2 is 1.94 bits per heavy atom. The van der Waals surface area contributed by atoms with Gasteiger partial charge in [-0.15, -0.1) is 0 Å². The first-order chi connectivity index (χ1) is 7.80. The zero-order valence-electron chi connectivity index (χ0n) is 9.84. The second-order valence-corrected chi connectivity index (χ2v) is 4.41. The molecule has 2 aromatic rings. The highest BCUT2D eigenvalue weighted by Crippen LogP contribution is 2.36. The molecule has 2 rings (SSSR count). The molecule has 0 saturated carbocycles. The predicted molar refractivity (Wildman–Crippen MR) is 59.8 cm³/mol. The molecule has 2 nitrogen and oxygen atoms in total. The third-order valence-corrected chi connectivity index (χ3v) is 2.75. The Balaban J connectivity index is 2.80. The van der Waals surface area contributed by atoms with Crippen LogP contribution in [0.5, 0.6) is 0 Å². The molecule has 0 N–H and O–H groups in total. The standard InChI is InChI=1S/C12H13F3N2/c1-7(2)10-6-9(12(13,14)15)8-4-5-17(3)11(8)16-10/h4-7H,1-3H3. The molecule has 2 aromatic heterocycles. The first-order valence-corrected chi connectivity index (χ1v) is 5.34. The van der Waals surface area contributed by atoms with E-state index in [0.29, 0.717) is 11.3 Å². The number of hydrogen-bond donors (Lipinski definition) is 0. The van der Waals surface area contributed by atoms with E-state index in [2.05, 4.69) is 4.98 Å². The smallest absolute Gasteiger partial charge is 0.336 e. The number of alkyl halides is 3. The Labute approximate surface area is 97.1 Å². The van der Waals surface area contributed by atoms with Gasteiger partial charge in [-0.3, -0.25) is 0 Å². The monoisotopic (exact) mass is 242 g/mol. The molecule has 0 radical (unpaired) electrons. The molecule has 92 valence electrons. The maximum absolute atomic E-state index is 12.9. The van der Waals surface area contributed by atoms with Gasteiger partial charge in [0.05, 0.1) is 5.56 Å². The fraction of sp³-hybridized carbons (Fsp3) is 0.417. The van der Waals surface area contributed by atoms with Crippen LogP contribution in [0.2, 0.25) is 0 Å².